The van der Waals surface area contributed by atoms with Crippen LogP contribution in [0, 0.1) is 0 Å². The molecule has 8 nitrogen and oxygen atoms in total. The molecule has 1 saturated heterocycles. The van der Waals surface area contributed by atoms with Gasteiger partial charge in [-0.15, -0.1) is 0 Å². The maximum Gasteiger partial charge on any atom is 0.255 e. The van der Waals surface area contributed by atoms with Crippen molar-refractivity contribution in [3.63, 3.8) is 0 Å². The van der Waals surface area contributed by atoms with Gasteiger partial charge < -0.3 is 20.3 Å². The number of carbonyl (C=O) groups is 3. The molecule has 0 aromatic heterocycles. The van der Waals surface area contributed by atoms with E-state index in [1.807, 2.05) is 19.2 Å². The Morgan fingerprint density at radius 2 is 2.07 bits per heavy atom. The molecule has 2 heterocycles. The topological polar surface area (TPSA) is 99.8 Å². The van der Waals surface area contributed by atoms with Gasteiger partial charge in [-0.2, -0.15) is 0 Å². The van der Waals surface area contributed by atoms with Crippen LogP contribution >= 0.6 is 0 Å². The van der Waals surface area contributed by atoms with E-state index in [1.165, 1.54) is 0 Å². The van der Waals surface area contributed by atoms with Gasteiger partial charge in [-0.1, -0.05) is 12.1 Å². The van der Waals surface area contributed by atoms with Crippen molar-refractivity contribution in [3.8, 4) is 0 Å². The minimum absolute atomic E-state index is 0.140. The summed E-state index contributed by atoms with van der Waals surface area (Å²) in [6, 6.07) is 5.10. The molecule has 1 unspecified atom stereocenters. The van der Waals surface area contributed by atoms with Crippen LogP contribution in [0.15, 0.2) is 18.2 Å². The first kappa shape index (κ1) is 20.4. The van der Waals surface area contributed by atoms with Crippen LogP contribution in [0.4, 0.5) is 0 Å². The highest BCUT2D eigenvalue weighted by Crippen LogP contribution is 2.29. The molecule has 0 radical (unpaired) electrons. The SMILES string of the molecule is CNCCCOCCNCc1cccc2c1CN(C1CCC(=O)NC1=O)C2=O. The molecule has 1 fully saturated rings. The molecule has 0 bridgehead atoms. The number of carbonyl (C=O) groups excluding carboxylic acids is 3. The van der Waals surface area contributed by atoms with Crippen LogP contribution in [0.5, 0.6) is 0 Å². The summed E-state index contributed by atoms with van der Waals surface area (Å²) in [7, 11) is 1.92. The maximum atomic E-state index is 12.8. The highest BCUT2D eigenvalue weighted by atomic mass is 16.5. The number of hydrogen-bond donors (Lipinski definition) is 3. The number of hydrogen-bond acceptors (Lipinski definition) is 6. The van der Waals surface area contributed by atoms with Gasteiger partial charge in [0.05, 0.1) is 6.61 Å². The van der Waals surface area contributed by atoms with Crippen molar-refractivity contribution >= 4 is 17.7 Å². The van der Waals surface area contributed by atoms with E-state index in [0.29, 0.717) is 31.7 Å². The molecule has 28 heavy (non-hydrogen) atoms. The van der Waals surface area contributed by atoms with Crippen LogP contribution in [0.25, 0.3) is 0 Å². The maximum absolute atomic E-state index is 12.8. The van der Waals surface area contributed by atoms with E-state index >= 15 is 0 Å². The first-order valence-corrected chi connectivity index (χ1v) is 9.80. The molecule has 152 valence electrons. The van der Waals surface area contributed by atoms with Crippen LogP contribution in [-0.2, 0) is 27.4 Å². The lowest BCUT2D eigenvalue weighted by Gasteiger charge is -2.29. The number of piperidine rings is 1. The summed E-state index contributed by atoms with van der Waals surface area (Å²) in [6.07, 6.45) is 1.63. The highest BCUT2D eigenvalue weighted by molar-refractivity contribution is 6.05. The molecular formula is C20H28N4O4. The molecule has 1 aromatic rings. The van der Waals surface area contributed by atoms with Crippen LogP contribution < -0.4 is 16.0 Å². The van der Waals surface area contributed by atoms with Gasteiger partial charge >= 0.3 is 0 Å². The predicted octanol–water partition coefficient (Wildman–Crippen LogP) is 0.163. The molecule has 0 aliphatic carbocycles. The fourth-order valence-corrected chi connectivity index (χ4v) is 3.64. The molecule has 2 aliphatic rings. The zero-order chi connectivity index (χ0) is 19.9. The van der Waals surface area contributed by atoms with Crippen LogP contribution in [0.3, 0.4) is 0 Å². The third-order valence-corrected chi connectivity index (χ3v) is 5.13. The van der Waals surface area contributed by atoms with Gasteiger partial charge in [0, 0.05) is 38.2 Å². The Hall–Kier alpha value is -2.29. The first-order valence-electron chi connectivity index (χ1n) is 9.80. The number of rotatable bonds is 10. The fourth-order valence-electron chi connectivity index (χ4n) is 3.64. The molecule has 3 amide bonds. The lowest BCUT2D eigenvalue weighted by atomic mass is 10.0. The minimum Gasteiger partial charge on any atom is -0.380 e. The Kier molecular flexibility index (Phi) is 7.13. The third kappa shape index (κ3) is 4.76. The molecule has 2 aliphatic heterocycles. The monoisotopic (exact) mass is 388 g/mol. The van der Waals surface area contributed by atoms with Gasteiger partial charge in [0.2, 0.25) is 11.8 Å². The van der Waals surface area contributed by atoms with Crippen molar-refractivity contribution in [2.45, 2.75) is 38.4 Å². The normalized spacial score (nSPS) is 19.1. The van der Waals surface area contributed by atoms with Crippen molar-refractivity contribution in [2.75, 3.05) is 33.4 Å². The van der Waals surface area contributed by atoms with Crippen molar-refractivity contribution in [2.24, 2.45) is 0 Å². The second kappa shape index (κ2) is 9.77. The summed E-state index contributed by atoms with van der Waals surface area (Å²) < 4.78 is 5.56. The quantitative estimate of drug-likeness (QED) is 0.390. The average Bonchev–Trinajstić information content (AvgIpc) is 3.01. The molecular weight excluding hydrogens is 360 g/mol. The van der Waals surface area contributed by atoms with E-state index in [1.54, 1.807) is 11.0 Å². The highest BCUT2D eigenvalue weighted by Gasteiger charge is 2.39. The van der Waals surface area contributed by atoms with Crippen molar-refractivity contribution in [1.82, 2.24) is 20.9 Å². The van der Waals surface area contributed by atoms with E-state index in [2.05, 4.69) is 16.0 Å². The largest absolute Gasteiger partial charge is 0.380 e. The molecule has 1 atom stereocenters. The fraction of sp³-hybridized carbons (Fsp3) is 0.550. The number of nitrogens with zero attached hydrogens (tertiary/aromatic N) is 1. The summed E-state index contributed by atoms with van der Waals surface area (Å²) >= 11 is 0. The third-order valence-electron chi connectivity index (χ3n) is 5.13. The average molecular weight is 388 g/mol. The van der Waals surface area contributed by atoms with Gasteiger partial charge in [0.25, 0.3) is 5.91 Å². The molecule has 8 heteroatoms. The number of imide groups is 1. The number of benzene rings is 1. The Bertz CT molecular complexity index is 737. The number of fused-ring (bicyclic) bond motifs is 1. The lowest BCUT2D eigenvalue weighted by molar-refractivity contribution is -0.136. The molecule has 3 N–H and O–H groups in total. The van der Waals surface area contributed by atoms with E-state index in [0.717, 1.165) is 37.2 Å². The van der Waals surface area contributed by atoms with Gasteiger partial charge in [-0.05, 0) is 43.6 Å². The summed E-state index contributed by atoms with van der Waals surface area (Å²) in [5.41, 5.74) is 2.66. The Labute approximate surface area is 165 Å². The zero-order valence-corrected chi connectivity index (χ0v) is 16.3. The lowest BCUT2D eigenvalue weighted by Crippen LogP contribution is -2.52. The summed E-state index contributed by atoms with van der Waals surface area (Å²) in [5.74, 6) is -0.796. The number of nitrogens with one attached hydrogen (secondary N) is 3. The van der Waals surface area contributed by atoms with Crippen molar-refractivity contribution in [1.29, 1.82) is 0 Å². The van der Waals surface area contributed by atoms with Gasteiger partial charge in [-0.3, -0.25) is 19.7 Å². The van der Waals surface area contributed by atoms with E-state index in [-0.39, 0.29) is 24.1 Å². The molecule has 1 aromatic carbocycles. The van der Waals surface area contributed by atoms with Crippen molar-refractivity contribution in [3.05, 3.63) is 34.9 Å². The van der Waals surface area contributed by atoms with Gasteiger partial charge in [-0.25, -0.2) is 0 Å². The number of amides is 3. The molecule has 0 spiro atoms. The van der Waals surface area contributed by atoms with Crippen LogP contribution in [-0.4, -0.2) is 62.0 Å². The molecule has 0 saturated carbocycles. The van der Waals surface area contributed by atoms with Gasteiger partial charge in [0.15, 0.2) is 0 Å². The van der Waals surface area contributed by atoms with Crippen LogP contribution in [0.1, 0.15) is 40.7 Å². The van der Waals surface area contributed by atoms with Gasteiger partial charge in [0.1, 0.15) is 6.04 Å². The van der Waals surface area contributed by atoms with E-state index in [9.17, 15) is 14.4 Å². The second-order valence-electron chi connectivity index (χ2n) is 7.09. The van der Waals surface area contributed by atoms with Crippen molar-refractivity contribution < 1.29 is 19.1 Å². The Morgan fingerprint density at radius 1 is 1.21 bits per heavy atom. The standard InChI is InChI=1S/C20H28N4O4/c1-21-8-3-10-28-11-9-22-12-14-4-2-5-15-16(14)13-24(20(15)27)17-6-7-18(25)23-19(17)26/h2,4-5,17,21-22H,3,6-13H2,1H3,(H,23,25,26). The number of ether oxygens (including phenoxy) is 1. The first-order chi connectivity index (χ1) is 13.6. The zero-order valence-electron chi connectivity index (χ0n) is 16.3. The molecule has 3 rings (SSSR count). The smallest absolute Gasteiger partial charge is 0.255 e. The summed E-state index contributed by atoms with van der Waals surface area (Å²) in [5, 5.41) is 8.77. The van der Waals surface area contributed by atoms with E-state index < -0.39 is 6.04 Å². The predicted molar refractivity (Wildman–Crippen MR) is 104 cm³/mol. The van der Waals surface area contributed by atoms with E-state index in [4.69, 9.17) is 4.74 Å². The Balaban J connectivity index is 1.54. The second-order valence-corrected chi connectivity index (χ2v) is 7.09. The Morgan fingerprint density at radius 3 is 2.86 bits per heavy atom. The van der Waals surface area contributed by atoms with Crippen LogP contribution in [0.2, 0.25) is 0 Å². The summed E-state index contributed by atoms with van der Waals surface area (Å²) in [6.45, 7) is 4.09. The minimum atomic E-state index is -0.579. The summed E-state index contributed by atoms with van der Waals surface area (Å²) in [4.78, 5) is 37.9.